The van der Waals surface area contributed by atoms with E-state index in [1.165, 1.54) is 5.56 Å². The highest BCUT2D eigenvalue weighted by Gasteiger charge is 2.11. The largest absolute Gasteiger partial charge is 0.469 e. The van der Waals surface area contributed by atoms with Crippen LogP contribution in [-0.4, -0.2) is 12.0 Å². The summed E-state index contributed by atoms with van der Waals surface area (Å²) in [7, 11) is 2.07. The van der Waals surface area contributed by atoms with Crippen LogP contribution in [0.1, 0.15) is 17.0 Å². The minimum atomic E-state index is 0.752. The molecule has 0 radical (unpaired) electrons. The molecule has 0 atom stereocenters. The Hall–Kier alpha value is -2.49. The molecule has 4 nitrogen and oxygen atoms in total. The lowest BCUT2D eigenvalue weighted by Crippen LogP contribution is -2.17. The van der Waals surface area contributed by atoms with Crippen LogP contribution in [0.2, 0.25) is 0 Å². The Labute approximate surface area is 124 Å². The van der Waals surface area contributed by atoms with Crippen molar-refractivity contribution in [2.45, 2.75) is 20.4 Å². The van der Waals surface area contributed by atoms with Gasteiger partial charge in [0.05, 0.1) is 11.8 Å². The third kappa shape index (κ3) is 2.57. The highest BCUT2D eigenvalue weighted by Crippen LogP contribution is 2.29. The van der Waals surface area contributed by atoms with Crippen molar-refractivity contribution in [2.75, 3.05) is 17.7 Å². The van der Waals surface area contributed by atoms with Crippen molar-refractivity contribution in [1.82, 2.24) is 4.98 Å². The van der Waals surface area contributed by atoms with E-state index in [4.69, 9.17) is 10.2 Å². The third-order valence-corrected chi connectivity index (χ3v) is 3.72. The van der Waals surface area contributed by atoms with Gasteiger partial charge in [-0.15, -0.1) is 0 Å². The number of hydrogen-bond donors (Lipinski definition) is 1. The first kappa shape index (κ1) is 13.5. The number of furan rings is 1. The van der Waals surface area contributed by atoms with Gasteiger partial charge in [0, 0.05) is 41.6 Å². The number of nitrogens with zero attached hydrogens (tertiary/aromatic N) is 2. The van der Waals surface area contributed by atoms with Crippen LogP contribution in [-0.2, 0) is 6.54 Å². The molecule has 0 aliphatic carbocycles. The van der Waals surface area contributed by atoms with Crippen LogP contribution in [0.5, 0.6) is 0 Å². The van der Waals surface area contributed by atoms with Gasteiger partial charge in [-0.25, -0.2) is 0 Å². The van der Waals surface area contributed by atoms with Gasteiger partial charge >= 0.3 is 0 Å². The molecule has 0 bridgehead atoms. The normalized spacial score (nSPS) is 11.0. The zero-order valence-electron chi connectivity index (χ0n) is 12.6. The van der Waals surface area contributed by atoms with Gasteiger partial charge in [-0.1, -0.05) is 0 Å². The highest BCUT2D eigenvalue weighted by atomic mass is 16.3. The molecule has 108 valence electrons. The van der Waals surface area contributed by atoms with Crippen molar-refractivity contribution in [1.29, 1.82) is 0 Å². The Kier molecular flexibility index (Phi) is 3.29. The van der Waals surface area contributed by atoms with Crippen LogP contribution in [0.4, 0.5) is 11.4 Å². The van der Waals surface area contributed by atoms with Crippen LogP contribution >= 0.6 is 0 Å². The molecule has 3 rings (SSSR count). The van der Waals surface area contributed by atoms with E-state index in [1.54, 1.807) is 6.26 Å². The van der Waals surface area contributed by atoms with Crippen LogP contribution in [0.3, 0.4) is 0 Å². The fourth-order valence-electron chi connectivity index (χ4n) is 2.59. The summed E-state index contributed by atoms with van der Waals surface area (Å²) >= 11 is 0. The summed E-state index contributed by atoms with van der Waals surface area (Å²) in [5.74, 6) is 0.955. The van der Waals surface area contributed by atoms with Gasteiger partial charge in [0.15, 0.2) is 0 Å². The smallest absolute Gasteiger partial charge is 0.105 e. The highest BCUT2D eigenvalue weighted by molar-refractivity contribution is 5.93. The molecule has 4 heteroatoms. The second kappa shape index (κ2) is 5.13. The molecule has 0 aliphatic heterocycles. The first-order chi connectivity index (χ1) is 10.0. The van der Waals surface area contributed by atoms with E-state index >= 15 is 0 Å². The van der Waals surface area contributed by atoms with Gasteiger partial charge in [0.1, 0.15) is 5.76 Å². The van der Waals surface area contributed by atoms with Crippen LogP contribution in [0, 0.1) is 13.8 Å². The third-order valence-electron chi connectivity index (χ3n) is 3.72. The van der Waals surface area contributed by atoms with Gasteiger partial charge in [-0.3, -0.25) is 4.98 Å². The van der Waals surface area contributed by atoms with Gasteiger partial charge < -0.3 is 15.1 Å². The number of pyridine rings is 1. The summed E-state index contributed by atoms with van der Waals surface area (Å²) in [4.78, 5) is 6.78. The lowest BCUT2D eigenvalue weighted by atomic mass is 10.1. The number of nitrogens with two attached hydrogens (primary N) is 1. The Morgan fingerprint density at radius 2 is 2.00 bits per heavy atom. The maximum Gasteiger partial charge on any atom is 0.105 e. The Bertz CT molecular complexity index is 792. The Balaban J connectivity index is 2.06. The monoisotopic (exact) mass is 281 g/mol. The standard InChI is InChI=1S/C17H19N3O/c1-11-8-17(15-9-14(18)4-5-16(15)19-11)20(3)10-13-6-7-21-12(13)2/h4-9H,10,18H2,1-3H3. The van der Waals surface area contributed by atoms with Gasteiger partial charge in [0.25, 0.3) is 0 Å². The lowest BCUT2D eigenvalue weighted by molar-refractivity contribution is 0.529. The summed E-state index contributed by atoms with van der Waals surface area (Å²) < 4.78 is 5.37. The molecular formula is C17H19N3O. The van der Waals surface area contributed by atoms with Gasteiger partial charge in [0.2, 0.25) is 0 Å². The molecule has 2 aromatic heterocycles. The number of anilines is 2. The zero-order chi connectivity index (χ0) is 15.0. The minimum absolute atomic E-state index is 0.752. The van der Waals surface area contributed by atoms with Crippen molar-refractivity contribution >= 4 is 22.3 Å². The molecule has 2 heterocycles. The molecule has 3 aromatic rings. The van der Waals surface area contributed by atoms with E-state index in [0.717, 1.165) is 40.3 Å². The molecule has 0 aliphatic rings. The summed E-state index contributed by atoms with van der Waals surface area (Å²) in [6, 6.07) is 9.94. The first-order valence-corrected chi connectivity index (χ1v) is 6.95. The molecule has 21 heavy (non-hydrogen) atoms. The van der Waals surface area contributed by atoms with Crippen molar-refractivity contribution in [2.24, 2.45) is 0 Å². The molecule has 0 spiro atoms. The summed E-state index contributed by atoms with van der Waals surface area (Å²) in [5.41, 5.74) is 11.0. The van der Waals surface area contributed by atoms with Crippen LogP contribution in [0.15, 0.2) is 41.0 Å². The molecule has 0 amide bonds. The van der Waals surface area contributed by atoms with Crippen molar-refractivity contribution in [3.63, 3.8) is 0 Å². The number of aryl methyl sites for hydroxylation is 2. The quantitative estimate of drug-likeness (QED) is 0.744. The van der Waals surface area contributed by atoms with Crippen molar-refractivity contribution in [3.8, 4) is 0 Å². The minimum Gasteiger partial charge on any atom is -0.469 e. The average molecular weight is 281 g/mol. The topological polar surface area (TPSA) is 55.3 Å². The number of hydrogen-bond acceptors (Lipinski definition) is 4. The second-order valence-corrected chi connectivity index (χ2v) is 5.42. The van der Waals surface area contributed by atoms with E-state index < -0.39 is 0 Å². The number of nitrogen functional groups attached to an aromatic ring is 1. The second-order valence-electron chi connectivity index (χ2n) is 5.42. The molecule has 0 saturated carbocycles. The predicted octanol–water partition coefficient (Wildman–Crippen LogP) is 3.66. The number of benzene rings is 1. The van der Waals surface area contributed by atoms with E-state index in [2.05, 4.69) is 23.0 Å². The maximum absolute atomic E-state index is 5.93. The van der Waals surface area contributed by atoms with Crippen LogP contribution < -0.4 is 10.6 Å². The van der Waals surface area contributed by atoms with Gasteiger partial charge in [-0.05, 0) is 44.2 Å². The number of rotatable bonds is 3. The molecule has 2 N–H and O–H groups in total. The zero-order valence-corrected chi connectivity index (χ0v) is 12.6. The molecule has 0 unspecified atom stereocenters. The SMILES string of the molecule is Cc1cc(N(C)Cc2ccoc2C)c2cc(N)ccc2n1. The van der Waals surface area contributed by atoms with Crippen molar-refractivity contribution in [3.05, 3.63) is 53.6 Å². The molecule has 0 saturated heterocycles. The predicted molar refractivity (Wildman–Crippen MR) is 86.4 cm³/mol. The molecular weight excluding hydrogens is 262 g/mol. The van der Waals surface area contributed by atoms with E-state index in [0.29, 0.717) is 0 Å². The molecule has 1 aromatic carbocycles. The lowest BCUT2D eigenvalue weighted by Gasteiger charge is -2.21. The van der Waals surface area contributed by atoms with E-state index in [9.17, 15) is 0 Å². The average Bonchev–Trinajstić information content (AvgIpc) is 2.84. The number of aromatic nitrogens is 1. The van der Waals surface area contributed by atoms with E-state index in [-0.39, 0.29) is 0 Å². The Morgan fingerprint density at radius 3 is 2.71 bits per heavy atom. The van der Waals surface area contributed by atoms with Crippen LogP contribution in [0.25, 0.3) is 10.9 Å². The summed E-state index contributed by atoms with van der Waals surface area (Å²) in [6.45, 7) is 4.78. The summed E-state index contributed by atoms with van der Waals surface area (Å²) in [6.07, 6.45) is 1.73. The van der Waals surface area contributed by atoms with E-state index in [1.807, 2.05) is 38.1 Å². The maximum atomic E-state index is 5.93. The molecule has 0 fully saturated rings. The summed E-state index contributed by atoms with van der Waals surface area (Å²) in [5, 5.41) is 1.07. The Morgan fingerprint density at radius 1 is 1.19 bits per heavy atom. The number of fused-ring (bicyclic) bond motifs is 1. The van der Waals surface area contributed by atoms with Gasteiger partial charge in [-0.2, -0.15) is 0 Å². The van der Waals surface area contributed by atoms with Crippen molar-refractivity contribution < 1.29 is 4.42 Å². The fraction of sp³-hybridized carbons (Fsp3) is 0.235. The fourth-order valence-corrected chi connectivity index (χ4v) is 2.59. The first-order valence-electron chi connectivity index (χ1n) is 6.95.